The van der Waals surface area contributed by atoms with Crippen molar-refractivity contribution in [3.63, 3.8) is 0 Å². The van der Waals surface area contributed by atoms with E-state index in [1.165, 1.54) is 12.8 Å². The lowest BCUT2D eigenvalue weighted by Crippen LogP contribution is -2.52. The Balaban J connectivity index is 2.09. The van der Waals surface area contributed by atoms with Crippen LogP contribution < -0.4 is 10.5 Å². The number of pyridine rings is 1. The molecule has 2 atom stereocenters. The highest BCUT2D eigenvalue weighted by molar-refractivity contribution is 7.90. The van der Waals surface area contributed by atoms with Crippen molar-refractivity contribution in [2.45, 2.75) is 56.7 Å². The summed E-state index contributed by atoms with van der Waals surface area (Å²) in [5.41, 5.74) is 8.42. The van der Waals surface area contributed by atoms with Gasteiger partial charge >= 0.3 is 0 Å². The molecule has 3 N–H and O–H groups in total. The summed E-state index contributed by atoms with van der Waals surface area (Å²) in [6.07, 6.45) is 8.18. The van der Waals surface area contributed by atoms with Crippen molar-refractivity contribution in [3.05, 3.63) is 59.9 Å². The third-order valence-corrected chi connectivity index (χ3v) is 6.65. The minimum absolute atomic E-state index is 0.363. The van der Waals surface area contributed by atoms with Gasteiger partial charge in [-0.3, -0.25) is 4.98 Å². The lowest BCUT2D eigenvalue weighted by atomic mass is 9.79. The van der Waals surface area contributed by atoms with Crippen LogP contribution in [0.5, 0.6) is 0 Å². The number of nitrogens with two attached hydrogens (primary N) is 1. The fourth-order valence-corrected chi connectivity index (χ4v) is 4.16. The van der Waals surface area contributed by atoms with E-state index >= 15 is 0 Å². The van der Waals surface area contributed by atoms with Crippen LogP contribution in [0.3, 0.4) is 0 Å². The SMILES string of the molecule is CC(C)(C)[S@@+]([O-])N[C@@](CCC1CC1)(c1ccncc1)c1cccc(N)c1. The Morgan fingerprint density at radius 1 is 1.15 bits per heavy atom. The first-order chi connectivity index (χ1) is 12.3. The van der Waals surface area contributed by atoms with Gasteiger partial charge in [-0.05, 0) is 74.9 Å². The van der Waals surface area contributed by atoms with Crippen LogP contribution in [0.4, 0.5) is 5.69 Å². The van der Waals surface area contributed by atoms with E-state index in [2.05, 4.69) is 15.8 Å². The Morgan fingerprint density at radius 3 is 2.42 bits per heavy atom. The number of nitrogens with one attached hydrogen (secondary N) is 1. The molecule has 1 fully saturated rings. The summed E-state index contributed by atoms with van der Waals surface area (Å²) in [4.78, 5) is 4.18. The average Bonchev–Trinajstić information content (AvgIpc) is 3.43. The van der Waals surface area contributed by atoms with Crippen LogP contribution in [0.15, 0.2) is 48.8 Å². The van der Waals surface area contributed by atoms with Crippen molar-refractivity contribution in [2.75, 3.05) is 5.73 Å². The van der Waals surface area contributed by atoms with Gasteiger partial charge in [0.1, 0.15) is 10.3 Å². The molecule has 5 heteroatoms. The zero-order chi connectivity index (χ0) is 18.8. The van der Waals surface area contributed by atoms with E-state index in [1.54, 1.807) is 12.4 Å². The normalized spacial score (nSPS) is 18.3. The highest BCUT2D eigenvalue weighted by Crippen LogP contribution is 2.42. The molecule has 0 spiro atoms. The van der Waals surface area contributed by atoms with Crippen LogP contribution in [0.25, 0.3) is 0 Å². The maximum absolute atomic E-state index is 13.1. The second-order valence-corrected chi connectivity index (χ2v) is 10.2. The molecule has 26 heavy (non-hydrogen) atoms. The van der Waals surface area contributed by atoms with Gasteiger partial charge in [0.05, 0.1) is 0 Å². The van der Waals surface area contributed by atoms with Crippen LogP contribution in [0.2, 0.25) is 0 Å². The molecule has 1 aromatic heterocycles. The largest absolute Gasteiger partial charge is 0.598 e. The highest BCUT2D eigenvalue weighted by atomic mass is 32.2. The maximum Gasteiger partial charge on any atom is 0.136 e. The molecule has 1 aliphatic carbocycles. The molecule has 0 radical (unpaired) electrons. The maximum atomic E-state index is 13.1. The van der Waals surface area contributed by atoms with Crippen molar-refractivity contribution in [1.82, 2.24) is 9.71 Å². The number of hydrogen-bond donors (Lipinski definition) is 2. The molecular weight excluding hydrogens is 342 g/mol. The van der Waals surface area contributed by atoms with Gasteiger partial charge in [-0.1, -0.05) is 25.0 Å². The molecule has 0 unspecified atom stereocenters. The van der Waals surface area contributed by atoms with Gasteiger partial charge in [-0.15, -0.1) is 4.72 Å². The topological polar surface area (TPSA) is 74.0 Å². The average molecular weight is 372 g/mol. The van der Waals surface area contributed by atoms with Gasteiger partial charge in [0.2, 0.25) is 0 Å². The van der Waals surface area contributed by atoms with Crippen LogP contribution in [-0.2, 0) is 16.9 Å². The Bertz CT molecular complexity index is 728. The molecule has 1 aliphatic rings. The summed E-state index contributed by atoms with van der Waals surface area (Å²) in [5.74, 6) is 0.780. The van der Waals surface area contributed by atoms with E-state index < -0.39 is 16.9 Å². The van der Waals surface area contributed by atoms with E-state index in [0.717, 1.165) is 35.6 Å². The molecule has 1 aromatic carbocycles. The predicted molar refractivity (Wildman–Crippen MR) is 109 cm³/mol. The van der Waals surface area contributed by atoms with Gasteiger partial charge in [-0.25, -0.2) is 0 Å². The van der Waals surface area contributed by atoms with E-state index in [0.29, 0.717) is 0 Å². The van der Waals surface area contributed by atoms with Crippen molar-refractivity contribution in [3.8, 4) is 0 Å². The monoisotopic (exact) mass is 371 g/mol. The zero-order valence-corrected chi connectivity index (χ0v) is 16.7. The number of anilines is 1. The number of benzene rings is 1. The first kappa shape index (κ1) is 19.2. The summed E-state index contributed by atoms with van der Waals surface area (Å²) in [7, 11) is 0. The summed E-state index contributed by atoms with van der Waals surface area (Å²) >= 11 is -1.22. The van der Waals surface area contributed by atoms with Gasteiger partial charge in [0.25, 0.3) is 0 Å². The van der Waals surface area contributed by atoms with Crippen molar-refractivity contribution in [1.29, 1.82) is 0 Å². The second-order valence-electron chi connectivity index (χ2n) is 8.23. The van der Waals surface area contributed by atoms with Crippen LogP contribution >= 0.6 is 0 Å². The Labute approximate surface area is 159 Å². The van der Waals surface area contributed by atoms with Gasteiger partial charge in [0.15, 0.2) is 0 Å². The van der Waals surface area contributed by atoms with Crippen LogP contribution in [0.1, 0.15) is 57.6 Å². The predicted octanol–water partition coefficient (Wildman–Crippen LogP) is 4.15. The minimum Gasteiger partial charge on any atom is -0.598 e. The van der Waals surface area contributed by atoms with Gasteiger partial charge < -0.3 is 10.3 Å². The van der Waals surface area contributed by atoms with E-state index in [1.807, 2.05) is 51.1 Å². The zero-order valence-electron chi connectivity index (χ0n) is 15.9. The van der Waals surface area contributed by atoms with Gasteiger partial charge in [-0.2, -0.15) is 0 Å². The highest BCUT2D eigenvalue weighted by Gasteiger charge is 2.43. The minimum atomic E-state index is -1.22. The first-order valence-electron chi connectivity index (χ1n) is 9.27. The van der Waals surface area contributed by atoms with Crippen molar-refractivity contribution < 1.29 is 4.55 Å². The molecule has 140 valence electrons. The van der Waals surface area contributed by atoms with Gasteiger partial charge in [0, 0.05) is 29.4 Å². The van der Waals surface area contributed by atoms with Crippen LogP contribution in [-0.4, -0.2) is 14.3 Å². The van der Waals surface area contributed by atoms with E-state index in [4.69, 9.17) is 5.73 Å². The molecule has 1 saturated carbocycles. The lowest BCUT2D eigenvalue weighted by Gasteiger charge is -2.38. The quantitative estimate of drug-likeness (QED) is 0.566. The summed E-state index contributed by atoms with van der Waals surface area (Å²) in [6, 6.07) is 12.0. The first-order valence-corrected chi connectivity index (χ1v) is 10.4. The molecule has 2 aromatic rings. The summed E-state index contributed by atoms with van der Waals surface area (Å²) < 4.78 is 16.3. The Morgan fingerprint density at radius 2 is 1.85 bits per heavy atom. The molecule has 0 amide bonds. The number of aromatic nitrogens is 1. The molecule has 4 nitrogen and oxygen atoms in total. The number of nitrogen functional groups attached to an aromatic ring is 1. The number of rotatable bonds is 7. The fourth-order valence-electron chi connectivity index (χ4n) is 3.20. The van der Waals surface area contributed by atoms with Crippen LogP contribution in [0, 0.1) is 5.92 Å². The molecule has 0 saturated heterocycles. The summed E-state index contributed by atoms with van der Waals surface area (Å²) in [6.45, 7) is 5.98. The molecule has 0 bridgehead atoms. The number of nitrogens with zero attached hydrogens (tertiary/aromatic N) is 1. The fraction of sp³-hybridized carbons (Fsp3) is 0.476. The second kappa shape index (κ2) is 7.59. The molecular formula is C21H29N3OS. The van der Waals surface area contributed by atoms with Crippen molar-refractivity contribution in [2.24, 2.45) is 5.92 Å². The summed E-state index contributed by atoms with van der Waals surface area (Å²) in [5, 5.41) is 0. The molecule has 1 heterocycles. The lowest BCUT2D eigenvalue weighted by molar-refractivity contribution is 0.401. The smallest absolute Gasteiger partial charge is 0.136 e. The third kappa shape index (κ3) is 4.40. The van der Waals surface area contributed by atoms with E-state index in [9.17, 15) is 4.55 Å². The Kier molecular flexibility index (Phi) is 5.61. The van der Waals surface area contributed by atoms with E-state index in [-0.39, 0.29) is 4.75 Å². The standard InChI is InChI=1S/C21H29N3OS/c1-20(2,3)26(25)24-21(12-9-16-7-8-16,17-10-13-23-14-11-17)18-5-4-6-19(22)15-18/h4-6,10-11,13-16,24H,7-9,12,22H2,1-3H3/t21-,26+/m0/s1. The van der Waals surface area contributed by atoms with Crippen molar-refractivity contribution >= 4 is 17.0 Å². The number of hydrogen-bond acceptors (Lipinski definition) is 4. The Hall–Kier alpha value is -1.56. The third-order valence-electron chi connectivity index (χ3n) is 5.00. The molecule has 0 aliphatic heterocycles. The molecule has 3 rings (SSSR count).